The Hall–Kier alpha value is -2.70. The average Bonchev–Trinajstić information content (AvgIpc) is 2.80. The normalized spacial score (nSPS) is 21.0. The number of fused-ring (bicyclic) bond motifs is 1. The van der Waals surface area contributed by atoms with Gasteiger partial charge in [0.25, 0.3) is 10.2 Å². The number of nitrogens with two attached hydrogens (primary N) is 1. The van der Waals surface area contributed by atoms with E-state index in [1.807, 2.05) is 30.3 Å². The van der Waals surface area contributed by atoms with Crippen molar-refractivity contribution in [1.82, 2.24) is 19.3 Å². The Balaban J connectivity index is 1.39. The molecule has 2 aliphatic rings. The van der Waals surface area contributed by atoms with Crippen LogP contribution in [0.15, 0.2) is 42.7 Å². The highest BCUT2D eigenvalue weighted by atomic mass is 32.2. The Morgan fingerprint density at radius 3 is 2.67 bits per heavy atom. The number of nitrogens with zero attached hydrogens (tertiary/aromatic N) is 4. The molecule has 3 aromatic rings. The smallest absolute Gasteiger partial charge is 0.277 e. The second kappa shape index (κ2) is 8.58. The monoisotopic (exact) mass is 471 g/mol. The minimum atomic E-state index is -3.79. The lowest BCUT2D eigenvalue weighted by Gasteiger charge is -2.37. The molecule has 2 fully saturated rings. The number of aliphatic hydroxyl groups is 1. The van der Waals surface area contributed by atoms with Gasteiger partial charge in [0.1, 0.15) is 12.7 Å². The molecule has 10 nitrogen and oxygen atoms in total. The van der Waals surface area contributed by atoms with Gasteiger partial charge in [0.15, 0.2) is 5.52 Å². The van der Waals surface area contributed by atoms with E-state index in [-0.39, 0.29) is 32.2 Å². The fourth-order valence-corrected chi connectivity index (χ4v) is 4.84. The van der Waals surface area contributed by atoms with Crippen molar-refractivity contribution >= 4 is 21.2 Å². The maximum absolute atomic E-state index is 11.7. The molecule has 33 heavy (non-hydrogen) atoms. The zero-order valence-electron chi connectivity index (χ0n) is 17.9. The average molecular weight is 472 g/mol. The maximum Gasteiger partial charge on any atom is 0.277 e. The molecule has 0 unspecified atom stereocenters. The molecule has 1 saturated heterocycles. The lowest BCUT2D eigenvalue weighted by Crippen LogP contribution is -2.49. The van der Waals surface area contributed by atoms with Crippen molar-refractivity contribution in [2.24, 2.45) is 5.14 Å². The summed E-state index contributed by atoms with van der Waals surface area (Å²) >= 11 is 0. The van der Waals surface area contributed by atoms with E-state index in [4.69, 9.17) is 14.6 Å². The molecule has 174 valence electrons. The highest BCUT2D eigenvalue weighted by molar-refractivity contribution is 7.86. The number of pyridine rings is 1. The summed E-state index contributed by atoms with van der Waals surface area (Å²) < 4.78 is 36.1. The molecule has 0 radical (unpaired) electrons. The molecule has 0 bridgehead atoms. The van der Waals surface area contributed by atoms with E-state index in [0.717, 1.165) is 30.4 Å². The lowest BCUT2D eigenvalue weighted by molar-refractivity contribution is -0.0387. The SMILES string of the molecule is NS(=O)(=O)N1CCO[C@H](COc2nc(-c3ccc(C4(O)CCC4)cc3)cc3nccnc23)C1. The quantitative estimate of drug-likeness (QED) is 0.549. The first-order valence-corrected chi connectivity index (χ1v) is 12.3. The van der Waals surface area contributed by atoms with E-state index in [9.17, 15) is 13.5 Å². The van der Waals surface area contributed by atoms with Crippen molar-refractivity contribution in [2.75, 3.05) is 26.3 Å². The van der Waals surface area contributed by atoms with Crippen molar-refractivity contribution in [1.29, 1.82) is 0 Å². The molecule has 2 aromatic heterocycles. The van der Waals surface area contributed by atoms with Crippen molar-refractivity contribution in [3.05, 3.63) is 48.3 Å². The fourth-order valence-electron chi connectivity index (χ4n) is 4.14. The maximum atomic E-state index is 11.7. The topological polar surface area (TPSA) is 141 Å². The van der Waals surface area contributed by atoms with Gasteiger partial charge >= 0.3 is 0 Å². The Morgan fingerprint density at radius 1 is 1.21 bits per heavy atom. The summed E-state index contributed by atoms with van der Waals surface area (Å²) in [5.41, 5.74) is 2.81. The Bertz CT molecular complexity index is 1260. The standard InChI is InChI=1S/C22H25N5O5S/c23-33(29,30)27-10-11-31-17(13-27)14-32-21-20-19(24-8-9-25-20)12-18(26-21)15-2-4-16(5-3-15)22(28)6-1-7-22/h2-5,8-9,12,17,28H,1,6-7,10-11,13-14H2,(H2,23,29,30)/t17-/m0/s1. The molecular formula is C22H25N5O5S. The highest BCUT2D eigenvalue weighted by Crippen LogP contribution is 2.41. The van der Waals surface area contributed by atoms with E-state index >= 15 is 0 Å². The van der Waals surface area contributed by atoms with Crippen molar-refractivity contribution in [2.45, 2.75) is 31.0 Å². The fraction of sp³-hybridized carbons (Fsp3) is 0.409. The predicted molar refractivity (Wildman–Crippen MR) is 120 cm³/mol. The third-order valence-electron chi connectivity index (χ3n) is 6.19. The molecule has 1 aliphatic carbocycles. The van der Waals surface area contributed by atoms with Gasteiger partial charge in [-0.25, -0.2) is 15.1 Å². The van der Waals surface area contributed by atoms with Gasteiger partial charge in [0.05, 0.1) is 23.4 Å². The molecule has 3 heterocycles. The van der Waals surface area contributed by atoms with Crippen LogP contribution in [0.25, 0.3) is 22.3 Å². The van der Waals surface area contributed by atoms with Gasteiger partial charge in [-0.05, 0) is 30.9 Å². The predicted octanol–water partition coefficient (Wildman–Crippen LogP) is 1.35. The lowest BCUT2D eigenvalue weighted by atomic mass is 9.75. The van der Waals surface area contributed by atoms with Gasteiger partial charge in [-0.1, -0.05) is 24.3 Å². The third kappa shape index (κ3) is 4.55. The summed E-state index contributed by atoms with van der Waals surface area (Å²) in [6.07, 6.45) is 5.25. The second-order valence-corrected chi connectivity index (χ2v) is 9.95. The first kappa shape index (κ1) is 22.1. The summed E-state index contributed by atoms with van der Waals surface area (Å²) in [6.45, 7) is 0.631. The van der Waals surface area contributed by atoms with Crippen LogP contribution in [0.3, 0.4) is 0 Å². The van der Waals surface area contributed by atoms with E-state index in [2.05, 4.69) is 15.0 Å². The van der Waals surface area contributed by atoms with Gasteiger partial charge in [-0.3, -0.25) is 4.98 Å². The molecular weight excluding hydrogens is 446 g/mol. The Kier molecular flexibility index (Phi) is 5.75. The van der Waals surface area contributed by atoms with Crippen LogP contribution in [0.2, 0.25) is 0 Å². The molecule has 11 heteroatoms. The van der Waals surface area contributed by atoms with Crippen molar-refractivity contribution < 1.29 is 23.0 Å². The molecule has 1 atom stereocenters. The van der Waals surface area contributed by atoms with Crippen molar-refractivity contribution in [3.63, 3.8) is 0 Å². The molecule has 3 N–H and O–H groups in total. The molecule has 1 aliphatic heterocycles. The Morgan fingerprint density at radius 2 is 1.97 bits per heavy atom. The van der Waals surface area contributed by atoms with Gasteiger partial charge in [0, 0.05) is 31.0 Å². The number of hydrogen-bond acceptors (Lipinski definition) is 8. The third-order valence-corrected chi connectivity index (χ3v) is 7.24. The number of hydrogen-bond donors (Lipinski definition) is 2. The van der Waals surface area contributed by atoms with Crippen molar-refractivity contribution in [3.8, 4) is 17.1 Å². The van der Waals surface area contributed by atoms with Crippen LogP contribution in [-0.2, 0) is 20.5 Å². The molecule has 5 rings (SSSR count). The number of rotatable bonds is 6. The van der Waals surface area contributed by atoms with Gasteiger partial charge in [0.2, 0.25) is 5.88 Å². The van der Waals surface area contributed by atoms with E-state index < -0.39 is 21.9 Å². The largest absolute Gasteiger partial charge is 0.473 e. The van der Waals surface area contributed by atoms with Crippen LogP contribution >= 0.6 is 0 Å². The van der Waals surface area contributed by atoms with Crippen LogP contribution in [0.5, 0.6) is 5.88 Å². The van der Waals surface area contributed by atoms with Crippen LogP contribution in [0.1, 0.15) is 24.8 Å². The number of aromatic nitrogens is 3. The van der Waals surface area contributed by atoms with E-state index in [1.165, 1.54) is 4.31 Å². The summed E-state index contributed by atoms with van der Waals surface area (Å²) in [5, 5.41) is 15.8. The minimum Gasteiger partial charge on any atom is -0.473 e. The van der Waals surface area contributed by atoms with Crippen LogP contribution in [0, 0.1) is 0 Å². The summed E-state index contributed by atoms with van der Waals surface area (Å²) in [4.78, 5) is 13.4. The molecule has 0 spiro atoms. The molecule has 1 aromatic carbocycles. The molecule has 0 amide bonds. The highest BCUT2D eigenvalue weighted by Gasteiger charge is 2.36. The van der Waals surface area contributed by atoms with Crippen LogP contribution in [-0.4, -0.2) is 65.2 Å². The van der Waals surface area contributed by atoms with Crippen LogP contribution < -0.4 is 9.88 Å². The summed E-state index contributed by atoms with van der Waals surface area (Å²) in [6, 6.07) is 9.54. The summed E-state index contributed by atoms with van der Waals surface area (Å²) in [5.74, 6) is 0.286. The number of morpholine rings is 1. The number of ether oxygens (including phenoxy) is 2. The van der Waals surface area contributed by atoms with Crippen LogP contribution in [0.4, 0.5) is 0 Å². The van der Waals surface area contributed by atoms with E-state index in [0.29, 0.717) is 16.7 Å². The second-order valence-electron chi connectivity index (χ2n) is 8.41. The zero-order chi connectivity index (χ0) is 23.1. The van der Waals surface area contributed by atoms with Gasteiger partial charge < -0.3 is 14.6 Å². The van der Waals surface area contributed by atoms with Gasteiger partial charge in [-0.15, -0.1) is 0 Å². The summed E-state index contributed by atoms with van der Waals surface area (Å²) in [7, 11) is -3.79. The molecule has 1 saturated carbocycles. The minimum absolute atomic E-state index is 0.0835. The first-order valence-electron chi connectivity index (χ1n) is 10.8. The van der Waals surface area contributed by atoms with E-state index in [1.54, 1.807) is 12.4 Å². The van der Waals surface area contributed by atoms with Gasteiger partial charge in [-0.2, -0.15) is 12.7 Å². The Labute approximate surface area is 191 Å². The first-order chi connectivity index (χ1) is 15.8. The zero-order valence-corrected chi connectivity index (χ0v) is 18.7. The number of benzene rings is 1.